The molecule has 1 heterocycles. The predicted molar refractivity (Wildman–Crippen MR) is 118 cm³/mol. The number of aromatic nitrogens is 1. The number of halogens is 7. The molecule has 14 heteroatoms. The second-order valence-corrected chi connectivity index (χ2v) is 7.39. The average Bonchev–Trinajstić information content (AvgIpc) is 2.80. The van der Waals surface area contributed by atoms with Crippen molar-refractivity contribution in [3.8, 4) is 0 Å². The summed E-state index contributed by atoms with van der Waals surface area (Å²) >= 11 is 0. The van der Waals surface area contributed by atoms with Crippen molar-refractivity contribution >= 4 is 12.4 Å². The lowest BCUT2D eigenvalue weighted by Crippen LogP contribution is -2.54. The molecule has 0 spiro atoms. The zero-order valence-corrected chi connectivity index (χ0v) is 19.2. The summed E-state index contributed by atoms with van der Waals surface area (Å²) in [5.74, 6) is -6.65. The quantitative estimate of drug-likeness (QED) is 0.130. The van der Waals surface area contributed by atoms with E-state index in [1.165, 1.54) is 32.3 Å². The van der Waals surface area contributed by atoms with Crippen LogP contribution in [0.1, 0.15) is 16.8 Å². The van der Waals surface area contributed by atoms with E-state index in [9.17, 15) is 27.1 Å². The summed E-state index contributed by atoms with van der Waals surface area (Å²) in [7, 11) is 2.78. The number of alkyl halides is 5. The van der Waals surface area contributed by atoms with Gasteiger partial charge in [-0.1, -0.05) is 18.2 Å². The highest BCUT2D eigenvalue weighted by Gasteiger charge is 2.58. The summed E-state index contributed by atoms with van der Waals surface area (Å²) in [5, 5.41) is 15.8. The van der Waals surface area contributed by atoms with E-state index in [0.29, 0.717) is 12.1 Å². The second-order valence-electron chi connectivity index (χ2n) is 7.39. The fraction of sp³-hybridized carbons (Fsp3) is 0.364. The number of aliphatic hydroxyl groups is 1. The summed E-state index contributed by atoms with van der Waals surface area (Å²) in [4.78, 5) is 3.66. The molecule has 2 rings (SSSR count). The molecule has 1 atom stereocenters. The molecular formula is C22H24F7N5O2. The molecule has 7 nitrogen and oxygen atoms in total. The number of hydrogen-bond donors (Lipinski definition) is 3. The third kappa shape index (κ3) is 7.38. The van der Waals surface area contributed by atoms with Crippen LogP contribution in [0.3, 0.4) is 0 Å². The van der Waals surface area contributed by atoms with Crippen LogP contribution >= 0.6 is 0 Å². The van der Waals surface area contributed by atoms with Gasteiger partial charge in [0.05, 0.1) is 13.2 Å². The smallest absolute Gasteiger partial charge is 0.377 e. The maximum Gasteiger partial charge on any atom is 0.411 e. The molecule has 0 aliphatic heterocycles. The van der Waals surface area contributed by atoms with Gasteiger partial charge in [0, 0.05) is 31.9 Å². The average molecular weight is 523 g/mol. The van der Waals surface area contributed by atoms with Crippen molar-refractivity contribution in [1.82, 2.24) is 20.8 Å². The van der Waals surface area contributed by atoms with Crippen molar-refractivity contribution in [3.63, 3.8) is 0 Å². The zero-order valence-electron chi connectivity index (χ0n) is 19.2. The Bertz CT molecular complexity index is 1050. The lowest BCUT2D eigenvalue weighted by molar-refractivity contribution is -0.205. The van der Waals surface area contributed by atoms with Crippen molar-refractivity contribution in [3.05, 3.63) is 71.1 Å². The van der Waals surface area contributed by atoms with Crippen molar-refractivity contribution in [2.24, 2.45) is 5.10 Å². The summed E-state index contributed by atoms with van der Waals surface area (Å²) in [6.07, 6.45) is 0.0733. The summed E-state index contributed by atoms with van der Waals surface area (Å²) in [6, 6.07) is 3.85. The van der Waals surface area contributed by atoms with Crippen molar-refractivity contribution < 1.29 is 40.6 Å². The van der Waals surface area contributed by atoms with E-state index in [0.717, 1.165) is 29.7 Å². The van der Waals surface area contributed by atoms with Crippen LogP contribution in [0, 0.1) is 11.6 Å². The van der Waals surface area contributed by atoms with Crippen LogP contribution in [0.15, 0.2) is 47.7 Å². The van der Waals surface area contributed by atoms with E-state index in [2.05, 4.69) is 25.7 Å². The van der Waals surface area contributed by atoms with E-state index >= 15 is 8.78 Å². The monoisotopic (exact) mass is 523 g/mol. The highest BCUT2D eigenvalue weighted by molar-refractivity contribution is 5.54. The lowest BCUT2D eigenvalue weighted by Gasteiger charge is -2.38. The molecule has 0 radical (unpaired) electrons. The first kappa shape index (κ1) is 29.0. The second kappa shape index (κ2) is 12.1. The van der Waals surface area contributed by atoms with Crippen LogP contribution in [0.5, 0.6) is 0 Å². The third-order valence-corrected chi connectivity index (χ3v) is 4.81. The molecule has 0 bridgehead atoms. The van der Waals surface area contributed by atoms with E-state index in [1.807, 2.05) is 0 Å². The largest absolute Gasteiger partial charge is 0.411 e. The molecule has 1 aromatic carbocycles. The number of hydrogen-bond acceptors (Lipinski definition) is 6. The number of hydrazone groups is 1. The van der Waals surface area contributed by atoms with Crippen LogP contribution in [0.25, 0.3) is 6.08 Å². The van der Waals surface area contributed by atoms with Gasteiger partial charge in [0.15, 0.2) is 5.60 Å². The molecule has 0 amide bonds. The van der Waals surface area contributed by atoms with Gasteiger partial charge in [0.1, 0.15) is 30.3 Å². The Morgan fingerprint density at radius 1 is 1.11 bits per heavy atom. The highest BCUT2D eigenvalue weighted by atomic mass is 19.4. The van der Waals surface area contributed by atoms with Crippen LogP contribution in [-0.4, -0.2) is 61.5 Å². The molecule has 1 unspecified atom stereocenters. The van der Waals surface area contributed by atoms with Crippen LogP contribution in [-0.2, 0) is 16.3 Å². The van der Waals surface area contributed by atoms with E-state index in [-0.39, 0.29) is 12.2 Å². The molecule has 0 aliphatic rings. The fourth-order valence-corrected chi connectivity index (χ4v) is 3.06. The zero-order chi connectivity index (χ0) is 27.0. The molecule has 36 heavy (non-hydrogen) atoms. The number of ether oxygens (including phenoxy) is 1. The Labute approximate surface area is 202 Å². The number of pyridine rings is 1. The Morgan fingerprint density at radius 3 is 2.39 bits per heavy atom. The number of nitrogens with zero attached hydrogens (tertiary/aromatic N) is 3. The molecule has 1 aromatic heterocycles. The summed E-state index contributed by atoms with van der Waals surface area (Å²) in [5.41, 5.74) is 0.0642. The Balaban J connectivity index is 2.38. The van der Waals surface area contributed by atoms with Gasteiger partial charge in [-0.2, -0.15) is 27.1 Å². The van der Waals surface area contributed by atoms with Gasteiger partial charge >= 0.3 is 12.1 Å². The Hall–Kier alpha value is -3.23. The first-order valence-electron chi connectivity index (χ1n) is 10.3. The number of hydrazine groups is 1. The number of rotatable bonds is 12. The molecule has 2 aromatic rings. The minimum atomic E-state index is -4.48. The van der Waals surface area contributed by atoms with Gasteiger partial charge in [0.25, 0.3) is 0 Å². The van der Waals surface area contributed by atoms with Crippen LogP contribution in [0.4, 0.5) is 30.7 Å². The third-order valence-electron chi connectivity index (χ3n) is 4.81. The molecule has 3 N–H and O–H groups in total. The van der Waals surface area contributed by atoms with Gasteiger partial charge in [-0.25, -0.2) is 14.2 Å². The lowest BCUT2D eigenvalue weighted by atomic mass is 9.84. The first-order chi connectivity index (χ1) is 16.8. The van der Waals surface area contributed by atoms with Gasteiger partial charge < -0.3 is 15.3 Å². The Morgan fingerprint density at radius 2 is 1.83 bits per heavy atom. The maximum absolute atomic E-state index is 15.8. The van der Waals surface area contributed by atoms with E-state index in [4.69, 9.17) is 0 Å². The molecule has 0 saturated carbocycles. The number of benzene rings is 1. The molecule has 0 saturated heterocycles. The van der Waals surface area contributed by atoms with Crippen LogP contribution in [0.2, 0.25) is 0 Å². The summed E-state index contributed by atoms with van der Waals surface area (Å²) in [6.45, 7) is -2.76. The normalized spacial score (nSPS) is 14.4. The van der Waals surface area contributed by atoms with Gasteiger partial charge in [-0.05, 0) is 23.8 Å². The van der Waals surface area contributed by atoms with Crippen molar-refractivity contribution in [2.45, 2.75) is 17.7 Å². The van der Waals surface area contributed by atoms with E-state index in [1.54, 1.807) is 0 Å². The first-order valence-corrected chi connectivity index (χ1v) is 10.3. The van der Waals surface area contributed by atoms with Gasteiger partial charge in [-0.15, -0.1) is 0 Å². The molecule has 0 aliphatic carbocycles. The minimum Gasteiger partial charge on any atom is -0.377 e. The van der Waals surface area contributed by atoms with Gasteiger partial charge in [-0.3, -0.25) is 9.99 Å². The van der Waals surface area contributed by atoms with E-state index < -0.39 is 53.7 Å². The predicted octanol–water partition coefficient (Wildman–Crippen LogP) is 3.53. The standard InChI is InChI=1S/C22H24F7N5O2/c1-30-33-14-34(31-2)12-20(35,17-7-6-16(23)10-18(17)24)22(28,29)19-8-5-15(11-32-19)4-3-9-36-13-21(25,26)27/h3-8,10-11,14,30-31,35H,9,12-13H2,1-2H3/b4-3+,33-14-. The van der Waals surface area contributed by atoms with Crippen LogP contribution < -0.4 is 10.9 Å². The van der Waals surface area contributed by atoms with Gasteiger partial charge in [0.2, 0.25) is 0 Å². The van der Waals surface area contributed by atoms with Crippen molar-refractivity contribution in [1.29, 1.82) is 0 Å². The molecule has 198 valence electrons. The molecular weight excluding hydrogens is 499 g/mol. The van der Waals surface area contributed by atoms with Crippen molar-refractivity contribution in [2.75, 3.05) is 33.9 Å². The minimum absolute atomic E-state index is 0.250. The SMILES string of the molecule is CN/N=C\N(CC(O)(c1ccc(F)cc1F)C(F)(F)c1ccc(/C=C/COCC(F)(F)F)cn1)NC. The summed E-state index contributed by atoms with van der Waals surface area (Å²) < 4.78 is 100. The fourth-order valence-electron chi connectivity index (χ4n) is 3.06. The topological polar surface area (TPSA) is 82.0 Å². The Kier molecular flexibility index (Phi) is 9.78. The number of nitrogens with one attached hydrogen (secondary N) is 2. The maximum atomic E-state index is 15.8. The highest BCUT2D eigenvalue weighted by Crippen LogP contribution is 2.46. The molecule has 0 fully saturated rings.